The molecule has 0 spiro atoms. The Bertz CT molecular complexity index is 886. The largest absolute Gasteiger partial charge is 0.491 e. The van der Waals surface area contributed by atoms with Crippen LogP contribution in [-0.4, -0.2) is 36.5 Å². The summed E-state index contributed by atoms with van der Waals surface area (Å²) in [5, 5.41) is 2.44. The van der Waals surface area contributed by atoms with Gasteiger partial charge in [-0.2, -0.15) is 0 Å². The van der Waals surface area contributed by atoms with E-state index in [1.807, 2.05) is 13.8 Å². The second-order valence-electron chi connectivity index (χ2n) is 6.60. The number of ether oxygens (including phenoxy) is 2. The van der Waals surface area contributed by atoms with Crippen LogP contribution in [0.3, 0.4) is 0 Å². The van der Waals surface area contributed by atoms with Crippen molar-refractivity contribution in [3.8, 4) is 11.5 Å². The average Bonchev–Trinajstić information content (AvgIpc) is 2.71. The molecule has 160 valence electrons. The van der Waals surface area contributed by atoms with Gasteiger partial charge in [0.2, 0.25) is 0 Å². The normalized spacial score (nSPS) is 11.4. The smallest absolute Gasteiger partial charge is 0.279 e. The predicted octanol–water partition coefficient (Wildman–Crippen LogP) is 1.96. The molecule has 0 aliphatic rings. The third kappa shape index (κ3) is 7.08. The van der Waals surface area contributed by atoms with E-state index >= 15 is 0 Å². The lowest BCUT2D eigenvalue weighted by Gasteiger charge is -2.15. The predicted molar refractivity (Wildman–Crippen MR) is 107 cm³/mol. The summed E-state index contributed by atoms with van der Waals surface area (Å²) in [7, 11) is 0. The molecule has 9 heteroatoms. The van der Waals surface area contributed by atoms with E-state index in [9.17, 15) is 18.8 Å². The van der Waals surface area contributed by atoms with Gasteiger partial charge in [-0.1, -0.05) is 12.1 Å². The van der Waals surface area contributed by atoms with Gasteiger partial charge in [-0.05, 0) is 57.2 Å². The molecule has 3 amide bonds. The van der Waals surface area contributed by atoms with Gasteiger partial charge in [0.1, 0.15) is 5.75 Å². The lowest BCUT2D eigenvalue weighted by Crippen LogP contribution is -2.50. The van der Waals surface area contributed by atoms with Gasteiger partial charge < -0.3 is 14.8 Å². The molecular formula is C21H24FN3O5. The van der Waals surface area contributed by atoms with Crippen molar-refractivity contribution in [1.29, 1.82) is 0 Å². The minimum absolute atomic E-state index is 0.0171. The van der Waals surface area contributed by atoms with Crippen LogP contribution in [0.2, 0.25) is 0 Å². The summed E-state index contributed by atoms with van der Waals surface area (Å²) in [6.45, 7) is 4.84. The van der Waals surface area contributed by atoms with Crippen LogP contribution >= 0.6 is 0 Å². The number of carbonyl (C=O) groups is 3. The number of benzene rings is 2. The molecule has 0 aromatic heterocycles. The summed E-state index contributed by atoms with van der Waals surface area (Å²) in [6, 6.07) is 12.1. The van der Waals surface area contributed by atoms with Crippen molar-refractivity contribution in [3.05, 3.63) is 59.9 Å². The number of halogens is 1. The highest BCUT2D eigenvalue weighted by molar-refractivity contribution is 5.96. The van der Waals surface area contributed by atoms with Crippen LogP contribution in [0.4, 0.5) is 4.39 Å². The summed E-state index contributed by atoms with van der Waals surface area (Å²) in [5.41, 5.74) is 4.67. The van der Waals surface area contributed by atoms with Crippen LogP contribution in [0.15, 0.2) is 48.5 Å². The maximum absolute atomic E-state index is 13.5. The molecule has 2 rings (SSSR count). The molecule has 0 bridgehead atoms. The number of amides is 3. The Kier molecular flexibility index (Phi) is 8.16. The monoisotopic (exact) mass is 417 g/mol. The average molecular weight is 417 g/mol. The fourth-order valence-electron chi connectivity index (χ4n) is 2.28. The molecule has 0 saturated carbocycles. The second-order valence-corrected chi connectivity index (χ2v) is 6.60. The molecule has 0 radical (unpaired) electrons. The zero-order chi connectivity index (χ0) is 22.1. The third-order valence-electron chi connectivity index (χ3n) is 3.73. The number of hydrogen-bond donors (Lipinski definition) is 3. The van der Waals surface area contributed by atoms with E-state index in [1.54, 1.807) is 30.3 Å². The van der Waals surface area contributed by atoms with Crippen LogP contribution in [-0.2, 0) is 9.59 Å². The van der Waals surface area contributed by atoms with Gasteiger partial charge in [0, 0.05) is 5.56 Å². The van der Waals surface area contributed by atoms with Crippen LogP contribution in [0.1, 0.15) is 31.1 Å². The highest BCUT2D eigenvalue weighted by atomic mass is 19.1. The summed E-state index contributed by atoms with van der Waals surface area (Å²) in [5.74, 6) is -1.83. The van der Waals surface area contributed by atoms with E-state index in [2.05, 4.69) is 16.2 Å². The first-order valence-electron chi connectivity index (χ1n) is 9.31. The van der Waals surface area contributed by atoms with Crippen molar-refractivity contribution in [2.24, 2.45) is 0 Å². The molecule has 2 aromatic carbocycles. The number of rotatable bonds is 8. The number of nitrogens with one attached hydrogen (secondary N) is 3. The van der Waals surface area contributed by atoms with E-state index in [1.165, 1.54) is 25.1 Å². The minimum Gasteiger partial charge on any atom is -0.491 e. The van der Waals surface area contributed by atoms with Gasteiger partial charge in [0.05, 0.1) is 12.6 Å². The Balaban J connectivity index is 1.74. The second kappa shape index (κ2) is 10.8. The van der Waals surface area contributed by atoms with Crippen LogP contribution in [0.5, 0.6) is 11.5 Å². The summed E-state index contributed by atoms with van der Waals surface area (Å²) < 4.78 is 24.3. The standard InChI is InChI=1S/C21H24FN3O5/c1-13(2)29-16-10-8-15(9-11-16)21(28)23-12-19(26)24-25-20(27)14(3)30-18-7-5-4-6-17(18)22/h4-11,13-14H,12H2,1-3H3,(H,23,28)(H,24,26)(H,25,27). The van der Waals surface area contributed by atoms with Crippen molar-refractivity contribution in [1.82, 2.24) is 16.2 Å². The highest BCUT2D eigenvalue weighted by Crippen LogP contribution is 2.17. The number of hydrazine groups is 1. The number of hydrogen-bond acceptors (Lipinski definition) is 5. The molecule has 1 atom stereocenters. The van der Waals surface area contributed by atoms with Gasteiger partial charge in [0.15, 0.2) is 17.7 Å². The van der Waals surface area contributed by atoms with Crippen LogP contribution in [0.25, 0.3) is 0 Å². The topological polar surface area (TPSA) is 106 Å². The van der Waals surface area contributed by atoms with Crippen LogP contribution < -0.4 is 25.6 Å². The molecule has 1 unspecified atom stereocenters. The molecule has 30 heavy (non-hydrogen) atoms. The molecule has 3 N–H and O–H groups in total. The van der Waals surface area contributed by atoms with Crippen molar-refractivity contribution < 1.29 is 28.2 Å². The Morgan fingerprint density at radius 3 is 2.23 bits per heavy atom. The van der Waals surface area contributed by atoms with Gasteiger partial charge in [0.25, 0.3) is 17.7 Å². The van der Waals surface area contributed by atoms with E-state index in [0.717, 1.165) is 0 Å². The van der Waals surface area contributed by atoms with Crippen molar-refractivity contribution in [2.75, 3.05) is 6.54 Å². The number of carbonyl (C=O) groups excluding carboxylic acids is 3. The van der Waals surface area contributed by atoms with Crippen molar-refractivity contribution in [3.63, 3.8) is 0 Å². The molecule has 0 saturated heterocycles. The van der Waals surface area contributed by atoms with E-state index in [4.69, 9.17) is 9.47 Å². The zero-order valence-electron chi connectivity index (χ0n) is 16.9. The van der Waals surface area contributed by atoms with Crippen molar-refractivity contribution >= 4 is 17.7 Å². The van der Waals surface area contributed by atoms with Gasteiger partial charge >= 0.3 is 0 Å². The SMILES string of the molecule is CC(C)Oc1ccc(C(=O)NCC(=O)NNC(=O)C(C)Oc2ccccc2F)cc1. The fourth-order valence-corrected chi connectivity index (χ4v) is 2.28. The Labute approximate surface area is 173 Å². The maximum Gasteiger partial charge on any atom is 0.279 e. The molecule has 0 heterocycles. The maximum atomic E-state index is 13.5. The Morgan fingerprint density at radius 1 is 0.933 bits per heavy atom. The first kappa shape index (κ1) is 22.7. The van der Waals surface area contributed by atoms with Gasteiger partial charge in [-0.25, -0.2) is 4.39 Å². The molecule has 0 aliphatic carbocycles. The van der Waals surface area contributed by atoms with Crippen molar-refractivity contribution in [2.45, 2.75) is 33.0 Å². The number of para-hydroxylation sites is 1. The fraction of sp³-hybridized carbons (Fsp3) is 0.286. The lowest BCUT2D eigenvalue weighted by molar-refractivity contribution is -0.132. The molecular weight excluding hydrogens is 393 g/mol. The zero-order valence-corrected chi connectivity index (χ0v) is 16.9. The Morgan fingerprint density at radius 2 is 1.60 bits per heavy atom. The Hall–Kier alpha value is -3.62. The lowest BCUT2D eigenvalue weighted by atomic mass is 10.2. The van der Waals surface area contributed by atoms with Gasteiger partial charge in [-0.3, -0.25) is 25.2 Å². The molecule has 0 fully saturated rings. The minimum atomic E-state index is -1.05. The summed E-state index contributed by atoms with van der Waals surface area (Å²) in [4.78, 5) is 35.9. The summed E-state index contributed by atoms with van der Waals surface area (Å²) in [6.07, 6.45) is -1.04. The van der Waals surface area contributed by atoms with E-state index in [-0.39, 0.29) is 18.4 Å². The van der Waals surface area contributed by atoms with E-state index in [0.29, 0.717) is 11.3 Å². The molecule has 8 nitrogen and oxygen atoms in total. The molecule has 0 aliphatic heterocycles. The highest BCUT2D eigenvalue weighted by Gasteiger charge is 2.17. The third-order valence-corrected chi connectivity index (χ3v) is 3.73. The van der Waals surface area contributed by atoms with E-state index < -0.39 is 29.6 Å². The first-order chi connectivity index (χ1) is 14.3. The quantitative estimate of drug-likeness (QED) is 0.570. The first-order valence-corrected chi connectivity index (χ1v) is 9.31. The molecule has 2 aromatic rings. The van der Waals surface area contributed by atoms with Crippen LogP contribution in [0, 0.1) is 5.82 Å². The van der Waals surface area contributed by atoms with Gasteiger partial charge in [-0.15, -0.1) is 0 Å². The summed E-state index contributed by atoms with van der Waals surface area (Å²) >= 11 is 0.